The van der Waals surface area contributed by atoms with Gasteiger partial charge in [-0.15, -0.1) is 0 Å². The van der Waals surface area contributed by atoms with Crippen LogP contribution in [0.5, 0.6) is 0 Å². The molecule has 1 aromatic rings. The average molecular weight is 327 g/mol. The topological polar surface area (TPSA) is 99.3 Å². The van der Waals surface area contributed by atoms with Gasteiger partial charge in [-0.25, -0.2) is 0 Å². The van der Waals surface area contributed by atoms with Crippen molar-refractivity contribution in [1.82, 2.24) is 15.2 Å². The second kappa shape index (κ2) is 5.43. The second-order valence-corrected chi connectivity index (χ2v) is 6.51. The number of hydrogen-bond donors (Lipinski definition) is 2. The predicted octanol–water partition coefficient (Wildman–Crippen LogP) is -0.0882. The molecule has 4 atom stereocenters. The van der Waals surface area contributed by atoms with Gasteiger partial charge in [0.25, 0.3) is 5.91 Å². The van der Waals surface area contributed by atoms with E-state index in [1.807, 2.05) is 12.2 Å². The lowest BCUT2D eigenvalue weighted by Crippen LogP contribution is -2.40. The third-order valence-corrected chi connectivity index (χ3v) is 5.20. The van der Waals surface area contributed by atoms with Crippen molar-refractivity contribution in [2.75, 3.05) is 13.1 Å². The van der Waals surface area contributed by atoms with Gasteiger partial charge in [0.05, 0.1) is 11.8 Å². The first-order valence-corrected chi connectivity index (χ1v) is 8.07. The van der Waals surface area contributed by atoms with Gasteiger partial charge in [0.15, 0.2) is 0 Å². The number of aromatic amines is 1. The Morgan fingerprint density at radius 1 is 1.12 bits per heavy atom. The van der Waals surface area contributed by atoms with Crippen molar-refractivity contribution in [3.8, 4) is 0 Å². The highest BCUT2D eigenvalue weighted by molar-refractivity contribution is 6.06. The summed E-state index contributed by atoms with van der Waals surface area (Å²) in [6, 6.07) is 4.31. The molecule has 0 aromatic carbocycles. The van der Waals surface area contributed by atoms with Gasteiger partial charge in [0.2, 0.25) is 17.4 Å². The number of likely N-dealkylation sites (tertiary alicyclic amines) is 1. The third-order valence-electron chi connectivity index (χ3n) is 5.20. The standard InChI is InChI=1S/C17H17N3O4/c21-12-3-1-2-11(19-12)15(22)18-6-7-20-16(23)13-9-4-5-10(8-9)14(13)17(20)24/h1-5,9-10,13-14H,6-8H2,(H,18,22)(H,19,21). The van der Waals surface area contributed by atoms with E-state index >= 15 is 0 Å². The molecule has 7 heteroatoms. The fraction of sp³-hybridized carbons (Fsp3) is 0.412. The monoisotopic (exact) mass is 327 g/mol. The van der Waals surface area contributed by atoms with Gasteiger partial charge in [0, 0.05) is 19.2 Å². The van der Waals surface area contributed by atoms with E-state index < -0.39 is 5.91 Å². The summed E-state index contributed by atoms with van der Waals surface area (Å²) in [5.41, 5.74) is -0.205. The van der Waals surface area contributed by atoms with E-state index in [4.69, 9.17) is 0 Å². The average Bonchev–Trinajstić information content (AvgIpc) is 3.24. The minimum atomic E-state index is -0.436. The summed E-state index contributed by atoms with van der Waals surface area (Å²) >= 11 is 0. The highest BCUT2D eigenvalue weighted by Crippen LogP contribution is 2.52. The Kier molecular flexibility index (Phi) is 3.37. The van der Waals surface area contributed by atoms with E-state index in [0.29, 0.717) is 0 Å². The molecule has 2 bridgehead atoms. The van der Waals surface area contributed by atoms with Crippen molar-refractivity contribution in [2.45, 2.75) is 6.42 Å². The van der Waals surface area contributed by atoms with E-state index in [-0.39, 0.29) is 59.8 Å². The summed E-state index contributed by atoms with van der Waals surface area (Å²) in [7, 11) is 0. The normalized spacial score (nSPS) is 30.1. The smallest absolute Gasteiger partial charge is 0.267 e. The fourth-order valence-electron chi connectivity index (χ4n) is 4.14. The Labute approximate surface area is 137 Å². The first-order valence-electron chi connectivity index (χ1n) is 8.07. The van der Waals surface area contributed by atoms with Crippen LogP contribution in [-0.4, -0.2) is 40.7 Å². The maximum Gasteiger partial charge on any atom is 0.267 e. The molecule has 1 aromatic heterocycles. The van der Waals surface area contributed by atoms with Crippen molar-refractivity contribution >= 4 is 17.7 Å². The van der Waals surface area contributed by atoms with Crippen LogP contribution >= 0.6 is 0 Å². The minimum Gasteiger partial charge on any atom is -0.349 e. The zero-order valence-corrected chi connectivity index (χ0v) is 12.9. The summed E-state index contributed by atoms with van der Waals surface area (Å²) < 4.78 is 0. The molecule has 0 radical (unpaired) electrons. The molecule has 4 unspecified atom stereocenters. The summed E-state index contributed by atoms with van der Waals surface area (Å²) in [6.45, 7) is 0.322. The van der Waals surface area contributed by atoms with E-state index in [9.17, 15) is 19.2 Å². The molecular formula is C17H17N3O4. The van der Waals surface area contributed by atoms with Gasteiger partial charge in [0.1, 0.15) is 5.69 Å². The molecule has 1 saturated carbocycles. The summed E-state index contributed by atoms with van der Waals surface area (Å²) in [5, 5.41) is 2.63. The number of nitrogens with one attached hydrogen (secondary N) is 2. The number of fused-ring (bicyclic) bond motifs is 5. The molecule has 0 spiro atoms. The number of hydrogen-bond acceptors (Lipinski definition) is 4. The molecule has 2 heterocycles. The molecular weight excluding hydrogens is 310 g/mol. The predicted molar refractivity (Wildman–Crippen MR) is 83.8 cm³/mol. The molecule has 4 rings (SSSR count). The van der Waals surface area contributed by atoms with E-state index in [1.54, 1.807) is 0 Å². The largest absolute Gasteiger partial charge is 0.349 e. The highest BCUT2D eigenvalue weighted by Gasteiger charge is 2.58. The van der Waals surface area contributed by atoms with Crippen LogP contribution in [0.3, 0.4) is 0 Å². The molecule has 1 saturated heterocycles. The number of aromatic nitrogens is 1. The number of rotatable bonds is 4. The third kappa shape index (κ3) is 2.19. The SMILES string of the molecule is O=C(NCCN1C(=O)C2C3C=CC(C3)C2C1=O)c1cccc(=O)[nH]1. The molecule has 7 nitrogen and oxygen atoms in total. The number of allylic oxidation sites excluding steroid dienone is 2. The van der Waals surface area contributed by atoms with Crippen LogP contribution in [0.25, 0.3) is 0 Å². The van der Waals surface area contributed by atoms with Crippen molar-refractivity contribution in [1.29, 1.82) is 0 Å². The molecule has 3 aliphatic rings. The Balaban J connectivity index is 1.37. The quantitative estimate of drug-likeness (QED) is 0.596. The number of nitrogens with zero attached hydrogens (tertiary/aromatic N) is 1. The van der Waals surface area contributed by atoms with Crippen molar-refractivity contribution in [3.63, 3.8) is 0 Å². The highest BCUT2D eigenvalue weighted by atomic mass is 16.2. The Morgan fingerprint density at radius 3 is 2.42 bits per heavy atom. The summed E-state index contributed by atoms with van der Waals surface area (Å²) in [5.74, 6) is -0.736. The van der Waals surface area contributed by atoms with Gasteiger partial charge in [-0.05, 0) is 24.3 Å². The van der Waals surface area contributed by atoms with Crippen LogP contribution in [0.15, 0.2) is 35.1 Å². The van der Waals surface area contributed by atoms with E-state index in [0.717, 1.165) is 6.42 Å². The van der Waals surface area contributed by atoms with Gasteiger partial charge >= 0.3 is 0 Å². The molecule has 124 valence electrons. The van der Waals surface area contributed by atoms with Crippen LogP contribution in [0.4, 0.5) is 0 Å². The Hall–Kier alpha value is -2.70. The molecule has 3 amide bonds. The fourth-order valence-corrected chi connectivity index (χ4v) is 4.14. The van der Waals surface area contributed by atoms with Crippen LogP contribution in [0, 0.1) is 23.7 Å². The van der Waals surface area contributed by atoms with Crippen LogP contribution in [-0.2, 0) is 9.59 Å². The van der Waals surface area contributed by atoms with Gasteiger partial charge < -0.3 is 10.3 Å². The number of carbonyl (C=O) groups is 3. The molecule has 2 fully saturated rings. The zero-order valence-electron chi connectivity index (χ0n) is 12.9. The lowest BCUT2D eigenvalue weighted by Gasteiger charge is -2.17. The molecule has 2 N–H and O–H groups in total. The molecule has 24 heavy (non-hydrogen) atoms. The van der Waals surface area contributed by atoms with Gasteiger partial charge in [-0.2, -0.15) is 0 Å². The maximum absolute atomic E-state index is 12.5. The van der Waals surface area contributed by atoms with Crippen LogP contribution in [0.2, 0.25) is 0 Å². The Bertz CT molecular complexity index is 782. The number of pyridine rings is 1. The summed E-state index contributed by atoms with van der Waals surface area (Å²) in [4.78, 5) is 51.9. The lowest BCUT2D eigenvalue weighted by atomic mass is 9.85. The molecule has 1 aliphatic heterocycles. The second-order valence-electron chi connectivity index (χ2n) is 6.51. The van der Waals surface area contributed by atoms with Gasteiger partial charge in [-0.1, -0.05) is 18.2 Å². The maximum atomic E-state index is 12.5. The van der Waals surface area contributed by atoms with Gasteiger partial charge in [-0.3, -0.25) is 24.1 Å². The van der Waals surface area contributed by atoms with Crippen molar-refractivity contribution in [3.05, 3.63) is 46.4 Å². The number of imide groups is 1. The number of H-pyrrole nitrogens is 1. The summed E-state index contributed by atoms with van der Waals surface area (Å²) in [6.07, 6.45) is 5.00. The molecule has 2 aliphatic carbocycles. The van der Waals surface area contributed by atoms with E-state index in [1.165, 1.54) is 23.1 Å². The Morgan fingerprint density at radius 2 is 1.79 bits per heavy atom. The van der Waals surface area contributed by atoms with Crippen molar-refractivity contribution < 1.29 is 14.4 Å². The zero-order chi connectivity index (χ0) is 16.8. The minimum absolute atomic E-state index is 0.121. The van der Waals surface area contributed by atoms with E-state index in [2.05, 4.69) is 10.3 Å². The lowest BCUT2D eigenvalue weighted by molar-refractivity contribution is -0.140. The van der Waals surface area contributed by atoms with Crippen molar-refractivity contribution in [2.24, 2.45) is 23.7 Å². The van der Waals surface area contributed by atoms with Crippen LogP contribution in [0.1, 0.15) is 16.9 Å². The number of amides is 3. The first-order chi connectivity index (χ1) is 11.6. The van der Waals surface area contributed by atoms with Crippen LogP contribution < -0.4 is 10.9 Å². The number of carbonyl (C=O) groups excluding carboxylic acids is 3. The first kappa shape index (κ1) is 14.9.